The van der Waals surface area contributed by atoms with E-state index in [-0.39, 0.29) is 12.4 Å². The molecule has 0 spiro atoms. The topological polar surface area (TPSA) is 63.6 Å². The monoisotopic (exact) mass is 248 g/mol. The first-order chi connectivity index (χ1) is 8.66. The van der Waals surface area contributed by atoms with Gasteiger partial charge in [0, 0.05) is 5.56 Å². The fourth-order valence-corrected chi connectivity index (χ4v) is 2.22. The summed E-state index contributed by atoms with van der Waals surface area (Å²) in [5.74, 6) is -1.22. The minimum absolute atomic E-state index is 0.162. The normalized spacial score (nSPS) is 14.0. The number of hydrogen-bond donors (Lipinski definition) is 1. The second kappa shape index (κ2) is 5.78. The second-order valence-corrected chi connectivity index (χ2v) is 4.50. The Labute approximate surface area is 106 Å². The predicted molar refractivity (Wildman–Crippen MR) is 65.9 cm³/mol. The Bertz CT molecular complexity index is 465. The first kappa shape index (κ1) is 12.8. The highest BCUT2D eigenvalue weighted by atomic mass is 16.5. The van der Waals surface area contributed by atoms with Crippen molar-refractivity contribution in [3.05, 3.63) is 34.9 Å². The highest BCUT2D eigenvalue weighted by Gasteiger charge is 2.13. The number of hydrogen-bond acceptors (Lipinski definition) is 3. The molecule has 0 saturated heterocycles. The van der Waals surface area contributed by atoms with Gasteiger partial charge in [0.2, 0.25) is 0 Å². The summed E-state index contributed by atoms with van der Waals surface area (Å²) in [4.78, 5) is 22.1. The Kier molecular flexibility index (Phi) is 4.10. The van der Waals surface area contributed by atoms with Gasteiger partial charge in [-0.1, -0.05) is 12.1 Å². The van der Waals surface area contributed by atoms with Gasteiger partial charge in [-0.3, -0.25) is 4.79 Å². The summed E-state index contributed by atoms with van der Waals surface area (Å²) in [6.45, 7) is -0.609. The predicted octanol–water partition coefficient (Wildman–Crippen LogP) is 1.85. The number of carboxylic acids is 1. The summed E-state index contributed by atoms with van der Waals surface area (Å²) < 4.78 is 4.81. The fourth-order valence-electron chi connectivity index (χ4n) is 2.22. The van der Waals surface area contributed by atoms with E-state index in [9.17, 15) is 9.59 Å². The number of aryl methyl sites for hydroxylation is 2. The van der Waals surface area contributed by atoms with Gasteiger partial charge in [-0.05, 0) is 42.9 Å². The fraction of sp³-hybridized carbons (Fsp3) is 0.429. The molecule has 1 aromatic rings. The Balaban J connectivity index is 2.00. The zero-order valence-electron chi connectivity index (χ0n) is 10.1. The van der Waals surface area contributed by atoms with Gasteiger partial charge in [0.05, 0.1) is 0 Å². The van der Waals surface area contributed by atoms with Crippen LogP contribution in [0.5, 0.6) is 0 Å². The van der Waals surface area contributed by atoms with E-state index in [0.717, 1.165) is 12.8 Å². The van der Waals surface area contributed by atoms with Gasteiger partial charge in [-0.15, -0.1) is 0 Å². The number of rotatable bonds is 5. The zero-order chi connectivity index (χ0) is 13.0. The molecule has 0 amide bonds. The molecule has 18 heavy (non-hydrogen) atoms. The SMILES string of the molecule is O=C(O)COCC(=O)c1ccc2c(c1)CCCC2. The first-order valence-electron chi connectivity index (χ1n) is 6.11. The van der Waals surface area contributed by atoms with Crippen molar-refractivity contribution in [2.24, 2.45) is 0 Å². The van der Waals surface area contributed by atoms with Crippen molar-refractivity contribution in [3.8, 4) is 0 Å². The van der Waals surface area contributed by atoms with Crippen LogP contribution in [0, 0.1) is 0 Å². The lowest BCUT2D eigenvalue weighted by Crippen LogP contribution is -2.15. The summed E-state index contributed by atoms with van der Waals surface area (Å²) in [5, 5.41) is 8.42. The maximum atomic E-state index is 11.8. The molecule has 1 N–H and O–H groups in total. The van der Waals surface area contributed by atoms with E-state index in [1.54, 1.807) is 6.07 Å². The van der Waals surface area contributed by atoms with Crippen molar-refractivity contribution >= 4 is 11.8 Å². The molecule has 0 fully saturated rings. The van der Waals surface area contributed by atoms with Gasteiger partial charge in [0.15, 0.2) is 5.78 Å². The van der Waals surface area contributed by atoms with E-state index >= 15 is 0 Å². The van der Waals surface area contributed by atoms with Crippen molar-refractivity contribution in [2.75, 3.05) is 13.2 Å². The third-order valence-electron chi connectivity index (χ3n) is 3.13. The maximum Gasteiger partial charge on any atom is 0.329 e. The van der Waals surface area contributed by atoms with Crippen molar-refractivity contribution in [1.82, 2.24) is 0 Å². The molecule has 0 bridgehead atoms. The number of carbonyl (C=O) groups excluding carboxylic acids is 1. The van der Waals surface area contributed by atoms with Gasteiger partial charge >= 0.3 is 5.97 Å². The molecule has 2 rings (SSSR count). The minimum atomic E-state index is -1.06. The highest BCUT2D eigenvalue weighted by Crippen LogP contribution is 2.22. The average Bonchev–Trinajstić information content (AvgIpc) is 2.37. The number of carboxylic acid groups (broad SMARTS) is 1. The summed E-state index contributed by atoms with van der Waals surface area (Å²) in [6.07, 6.45) is 4.48. The van der Waals surface area contributed by atoms with E-state index in [0.29, 0.717) is 5.56 Å². The zero-order valence-corrected chi connectivity index (χ0v) is 10.1. The summed E-state index contributed by atoms with van der Waals surface area (Å²) in [6, 6.07) is 5.72. The van der Waals surface area contributed by atoms with Crippen LogP contribution in [-0.2, 0) is 22.4 Å². The lowest BCUT2D eigenvalue weighted by molar-refractivity contribution is -0.141. The lowest BCUT2D eigenvalue weighted by atomic mass is 9.90. The first-order valence-corrected chi connectivity index (χ1v) is 6.11. The maximum absolute atomic E-state index is 11.8. The van der Waals surface area contributed by atoms with Gasteiger partial charge in [-0.2, -0.15) is 0 Å². The van der Waals surface area contributed by atoms with Crippen molar-refractivity contribution in [1.29, 1.82) is 0 Å². The highest BCUT2D eigenvalue weighted by molar-refractivity contribution is 5.97. The molecule has 1 aliphatic rings. The summed E-state index contributed by atoms with van der Waals surface area (Å²) in [7, 11) is 0. The van der Waals surface area contributed by atoms with Gasteiger partial charge in [0.25, 0.3) is 0 Å². The van der Waals surface area contributed by atoms with Crippen molar-refractivity contribution < 1.29 is 19.4 Å². The number of Topliss-reactive ketones (excluding diaryl/α,β-unsaturated/α-hetero) is 1. The Morgan fingerprint density at radius 3 is 2.56 bits per heavy atom. The van der Waals surface area contributed by atoms with Crippen LogP contribution in [-0.4, -0.2) is 30.1 Å². The third-order valence-corrected chi connectivity index (χ3v) is 3.13. The quantitative estimate of drug-likeness (QED) is 0.808. The van der Waals surface area contributed by atoms with E-state index in [1.807, 2.05) is 12.1 Å². The Morgan fingerprint density at radius 2 is 1.83 bits per heavy atom. The van der Waals surface area contributed by atoms with Gasteiger partial charge < -0.3 is 9.84 Å². The molecular weight excluding hydrogens is 232 g/mol. The van der Waals surface area contributed by atoms with Crippen LogP contribution in [0.25, 0.3) is 0 Å². The second-order valence-electron chi connectivity index (χ2n) is 4.50. The van der Waals surface area contributed by atoms with Crippen LogP contribution >= 0.6 is 0 Å². The number of aliphatic carboxylic acids is 1. The average molecular weight is 248 g/mol. The van der Waals surface area contributed by atoms with Gasteiger partial charge in [0.1, 0.15) is 13.2 Å². The number of benzene rings is 1. The minimum Gasteiger partial charge on any atom is -0.480 e. The van der Waals surface area contributed by atoms with Crippen LogP contribution in [0.1, 0.15) is 34.3 Å². The molecule has 1 aliphatic carbocycles. The number of carbonyl (C=O) groups is 2. The summed E-state index contributed by atoms with van der Waals surface area (Å²) >= 11 is 0. The molecule has 4 heteroatoms. The van der Waals surface area contributed by atoms with Crippen LogP contribution in [0.4, 0.5) is 0 Å². The van der Waals surface area contributed by atoms with E-state index in [2.05, 4.69) is 0 Å². The van der Waals surface area contributed by atoms with Crippen molar-refractivity contribution in [3.63, 3.8) is 0 Å². The lowest BCUT2D eigenvalue weighted by Gasteiger charge is -2.16. The number of fused-ring (bicyclic) bond motifs is 1. The van der Waals surface area contributed by atoms with Crippen LogP contribution in [0.3, 0.4) is 0 Å². The summed E-state index contributed by atoms with van der Waals surface area (Å²) in [5.41, 5.74) is 3.18. The molecule has 1 aromatic carbocycles. The van der Waals surface area contributed by atoms with Crippen molar-refractivity contribution in [2.45, 2.75) is 25.7 Å². The number of ketones is 1. The Hall–Kier alpha value is -1.68. The molecule has 0 unspecified atom stereocenters. The largest absolute Gasteiger partial charge is 0.480 e. The third kappa shape index (κ3) is 3.17. The molecule has 0 aliphatic heterocycles. The van der Waals surface area contributed by atoms with Crippen LogP contribution in [0.2, 0.25) is 0 Å². The molecule has 0 saturated carbocycles. The molecule has 0 aromatic heterocycles. The van der Waals surface area contributed by atoms with E-state index < -0.39 is 12.6 Å². The number of ether oxygens (including phenoxy) is 1. The smallest absolute Gasteiger partial charge is 0.329 e. The van der Waals surface area contributed by atoms with E-state index in [4.69, 9.17) is 9.84 Å². The van der Waals surface area contributed by atoms with Gasteiger partial charge in [-0.25, -0.2) is 4.79 Å². The molecule has 0 atom stereocenters. The molecule has 0 heterocycles. The Morgan fingerprint density at radius 1 is 1.11 bits per heavy atom. The molecule has 4 nitrogen and oxygen atoms in total. The molecule has 0 radical (unpaired) electrons. The van der Waals surface area contributed by atoms with Crippen LogP contribution < -0.4 is 0 Å². The molecule has 96 valence electrons. The molecular formula is C14H16O4. The van der Waals surface area contributed by atoms with E-state index in [1.165, 1.54) is 24.0 Å². The van der Waals surface area contributed by atoms with Crippen LogP contribution in [0.15, 0.2) is 18.2 Å². The standard InChI is InChI=1S/C14H16O4/c15-13(8-18-9-14(16)17)12-6-5-10-3-1-2-4-11(10)7-12/h5-7H,1-4,8-9H2,(H,16,17).